The molecule has 2 aromatic rings. The highest BCUT2D eigenvalue weighted by atomic mass is 35.5. The first kappa shape index (κ1) is 19.3. The maximum atomic E-state index is 12.6. The van der Waals surface area contributed by atoms with Crippen molar-refractivity contribution in [2.45, 2.75) is 12.7 Å². The van der Waals surface area contributed by atoms with E-state index in [4.69, 9.17) is 38.0 Å². The lowest BCUT2D eigenvalue weighted by Gasteiger charge is -2.25. The number of aliphatic imine (C=N–C) groups is 1. The molecule has 0 saturated carbocycles. The number of fused-ring (bicyclic) bond motifs is 1. The van der Waals surface area contributed by atoms with E-state index in [9.17, 15) is 4.79 Å². The molecule has 4 rings (SSSR count). The molecule has 2 aromatic carbocycles. The van der Waals surface area contributed by atoms with E-state index in [1.54, 1.807) is 28.9 Å². The van der Waals surface area contributed by atoms with Gasteiger partial charge in [-0.2, -0.15) is 5.10 Å². The van der Waals surface area contributed by atoms with Crippen molar-refractivity contribution in [2.24, 2.45) is 15.5 Å². The summed E-state index contributed by atoms with van der Waals surface area (Å²) in [5, 5.41) is 8.60. The topological polar surface area (TPSA) is 54.3 Å². The Morgan fingerprint density at radius 2 is 1.89 bits per heavy atom. The second kappa shape index (κ2) is 7.43. The fraction of sp³-hybridized carbons (Fsp3) is 0.250. The number of methoxy groups -OCH3 is 1. The number of carbonyl (C=O) groups is 1. The molecule has 144 valence electrons. The van der Waals surface area contributed by atoms with Crippen LogP contribution in [0.25, 0.3) is 0 Å². The van der Waals surface area contributed by atoms with Crippen molar-refractivity contribution in [3.8, 4) is 0 Å². The predicted molar refractivity (Wildman–Crippen MR) is 115 cm³/mol. The quantitative estimate of drug-likeness (QED) is 0.616. The standard InChI is InChI=1S/C20H17Cl2N3O2S/c1-20(18(26)27-2)11-25(24-17(20)12-3-5-14(21)6-4-12)19-23-16-8-7-15(22)9-13(16)10-28-19/h3-9H,10-11H2,1-2H3. The van der Waals surface area contributed by atoms with Crippen molar-refractivity contribution in [3.05, 3.63) is 63.6 Å². The van der Waals surface area contributed by atoms with E-state index in [1.165, 1.54) is 7.11 Å². The van der Waals surface area contributed by atoms with Gasteiger partial charge in [0.05, 0.1) is 25.1 Å². The molecule has 8 heteroatoms. The first-order valence-electron chi connectivity index (χ1n) is 8.61. The number of amidine groups is 1. The van der Waals surface area contributed by atoms with Gasteiger partial charge in [0, 0.05) is 15.8 Å². The minimum absolute atomic E-state index is 0.336. The van der Waals surface area contributed by atoms with Crippen LogP contribution in [0, 0.1) is 5.41 Å². The molecule has 0 aromatic heterocycles. The molecule has 0 N–H and O–H groups in total. The third kappa shape index (κ3) is 3.41. The molecule has 0 saturated heterocycles. The van der Waals surface area contributed by atoms with Crippen LogP contribution in [0.15, 0.2) is 52.6 Å². The Hall–Kier alpha value is -2.02. The SMILES string of the molecule is COC(=O)C1(C)CN(C2=Nc3ccc(Cl)cc3CS2)N=C1c1ccc(Cl)cc1. The second-order valence-electron chi connectivity index (χ2n) is 6.79. The van der Waals surface area contributed by atoms with E-state index >= 15 is 0 Å². The van der Waals surface area contributed by atoms with Crippen LogP contribution in [0.1, 0.15) is 18.1 Å². The van der Waals surface area contributed by atoms with Crippen LogP contribution < -0.4 is 0 Å². The molecule has 0 fully saturated rings. The highest BCUT2D eigenvalue weighted by Gasteiger charge is 2.48. The molecule has 0 aliphatic carbocycles. The van der Waals surface area contributed by atoms with E-state index in [0.29, 0.717) is 22.3 Å². The Morgan fingerprint density at radius 3 is 2.61 bits per heavy atom. The summed E-state index contributed by atoms with van der Waals surface area (Å²) in [5.41, 5.74) is 2.51. The first-order chi connectivity index (χ1) is 13.4. The molecule has 2 heterocycles. The largest absolute Gasteiger partial charge is 0.468 e. The second-order valence-corrected chi connectivity index (χ2v) is 8.61. The third-order valence-corrected chi connectivity index (χ3v) is 6.30. The number of hydrogen-bond donors (Lipinski definition) is 0. The number of hydrazone groups is 1. The molecule has 0 spiro atoms. The van der Waals surface area contributed by atoms with Gasteiger partial charge in [-0.25, -0.2) is 10.0 Å². The zero-order valence-electron chi connectivity index (χ0n) is 15.3. The van der Waals surface area contributed by atoms with E-state index in [-0.39, 0.29) is 5.97 Å². The monoisotopic (exact) mass is 433 g/mol. The lowest BCUT2D eigenvalue weighted by Crippen LogP contribution is -2.41. The highest BCUT2D eigenvalue weighted by molar-refractivity contribution is 8.13. The van der Waals surface area contributed by atoms with Gasteiger partial charge in [-0.3, -0.25) is 4.79 Å². The Morgan fingerprint density at radius 1 is 1.18 bits per heavy atom. The maximum absolute atomic E-state index is 12.6. The minimum atomic E-state index is -0.911. The molecular formula is C20H17Cl2N3O2S. The molecule has 1 atom stereocenters. The number of thioether (sulfide) groups is 1. The minimum Gasteiger partial charge on any atom is -0.468 e. The molecule has 1 unspecified atom stereocenters. The third-order valence-electron chi connectivity index (χ3n) is 4.80. The Labute approximate surface area is 177 Å². The number of rotatable bonds is 2. The van der Waals surface area contributed by atoms with Gasteiger partial charge in [-0.1, -0.05) is 47.1 Å². The maximum Gasteiger partial charge on any atom is 0.319 e. The van der Waals surface area contributed by atoms with Gasteiger partial charge >= 0.3 is 5.97 Å². The van der Waals surface area contributed by atoms with E-state index < -0.39 is 5.41 Å². The summed E-state index contributed by atoms with van der Waals surface area (Å²) in [6.45, 7) is 2.19. The van der Waals surface area contributed by atoms with Crippen molar-refractivity contribution in [1.82, 2.24) is 5.01 Å². The van der Waals surface area contributed by atoms with Crippen LogP contribution in [-0.4, -0.2) is 35.5 Å². The van der Waals surface area contributed by atoms with Crippen molar-refractivity contribution in [3.63, 3.8) is 0 Å². The van der Waals surface area contributed by atoms with Gasteiger partial charge in [0.25, 0.3) is 0 Å². The van der Waals surface area contributed by atoms with Crippen LogP contribution in [0.3, 0.4) is 0 Å². The van der Waals surface area contributed by atoms with E-state index in [2.05, 4.69) is 0 Å². The van der Waals surface area contributed by atoms with Crippen molar-refractivity contribution >= 4 is 57.5 Å². The summed E-state index contributed by atoms with van der Waals surface area (Å²) in [4.78, 5) is 17.4. The molecule has 28 heavy (non-hydrogen) atoms. The molecule has 2 aliphatic heterocycles. The van der Waals surface area contributed by atoms with Gasteiger partial charge in [0.2, 0.25) is 0 Å². The number of hydrogen-bond acceptors (Lipinski definition) is 6. The summed E-state index contributed by atoms with van der Waals surface area (Å²) < 4.78 is 5.08. The first-order valence-corrected chi connectivity index (χ1v) is 10.4. The van der Waals surface area contributed by atoms with E-state index in [0.717, 1.165) is 27.7 Å². The number of benzene rings is 2. The molecule has 0 amide bonds. The summed E-state index contributed by atoms with van der Waals surface area (Å²) in [7, 11) is 1.39. The summed E-state index contributed by atoms with van der Waals surface area (Å²) in [6, 6.07) is 12.9. The molecule has 5 nitrogen and oxygen atoms in total. The molecule has 2 aliphatic rings. The normalized spacial score (nSPS) is 21.1. The summed E-state index contributed by atoms with van der Waals surface area (Å²) in [6.07, 6.45) is 0. The van der Waals surface area contributed by atoms with Crippen LogP contribution in [0.4, 0.5) is 5.69 Å². The molecule has 0 bridgehead atoms. The van der Waals surface area contributed by atoms with Crippen LogP contribution in [0.5, 0.6) is 0 Å². The van der Waals surface area contributed by atoms with E-state index in [1.807, 2.05) is 37.3 Å². The van der Waals surface area contributed by atoms with Gasteiger partial charge in [-0.15, -0.1) is 0 Å². The van der Waals surface area contributed by atoms with Crippen molar-refractivity contribution in [1.29, 1.82) is 0 Å². The predicted octanol–water partition coefficient (Wildman–Crippen LogP) is 5.13. The lowest BCUT2D eigenvalue weighted by atomic mass is 9.82. The zero-order valence-corrected chi connectivity index (χ0v) is 17.6. The Kier molecular flexibility index (Phi) is 5.12. The van der Waals surface area contributed by atoms with Crippen LogP contribution in [0.2, 0.25) is 10.0 Å². The fourth-order valence-corrected chi connectivity index (χ4v) is 4.56. The smallest absolute Gasteiger partial charge is 0.319 e. The Balaban J connectivity index is 1.74. The summed E-state index contributed by atoms with van der Waals surface area (Å²) in [5.74, 6) is 0.406. The summed E-state index contributed by atoms with van der Waals surface area (Å²) >= 11 is 13.7. The average Bonchev–Trinajstić information content (AvgIpc) is 3.06. The van der Waals surface area contributed by atoms with Gasteiger partial charge in [0.1, 0.15) is 5.41 Å². The fourth-order valence-electron chi connectivity index (χ4n) is 3.31. The zero-order chi connectivity index (χ0) is 19.9. The van der Waals surface area contributed by atoms with Crippen molar-refractivity contribution in [2.75, 3.05) is 13.7 Å². The lowest BCUT2D eigenvalue weighted by molar-refractivity contribution is -0.147. The number of ether oxygens (including phenoxy) is 1. The van der Waals surface area contributed by atoms with Gasteiger partial charge in [0.15, 0.2) is 5.17 Å². The number of esters is 1. The number of carbonyl (C=O) groups excluding carboxylic acids is 1. The van der Waals surface area contributed by atoms with Gasteiger partial charge in [-0.05, 0) is 48.4 Å². The van der Waals surface area contributed by atoms with Crippen LogP contribution in [-0.2, 0) is 15.3 Å². The number of halogens is 2. The Bertz CT molecular complexity index is 1010. The van der Waals surface area contributed by atoms with Gasteiger partial charge < -0.3 is 4.74 Å². The number of nitrogens with zero attached hydrogens (tertiary/aromatic N) is 3. The van der Waals surface area contributed by atoms with Crippen LogP contribution >= 0.6 is 35.0 Å². The molecule has 0 radical (unpaired) electrons. The average molecular weight is 434 g/mol. The van der Waals surface area contributed by atoms with Crippen molar-refractivity contribution < 1.29 is 9.53 Å². The molecular weight excluding hydrogens is 417 g/mol. The highest BCUT2D eigenvalue weighted by Crippen LogP contribution is 2.38.